The second-order valence-electron chi connectivity index (χ2n) is 6.19. The number of nitrogens with zero attached hydrogens (tertiary/aromatic N) is 1. The summed E-state index contributed by atoms with van der Waals surface area (Å²) >= 11 is 0. The molecule has 1 aliphatic heterocycles. The minimum atomic E-state index is -0.141. The maximum Gasteiger partial charge on any atom is 0.248 e. The average molecular weight is 352 g/mol. The summed E-state index contributed by atoms with van der Waals surface area (Å²) in [6, 6.07) is 15.6. The van der Waals surface area contributed by atoms with Crippen molar-refractivity contribution in [1.82, 2.24) is 0 Å². The van der Waals surface area contributed by atoms with E-state index in [2.05, 4.69) is 16.3 Å². The fraction of sp³-hybridized carbons (Fsp3) is 0.286. The van der Waals surface area contributed by atoms with Crippen LogP contribution < -0.4 is 15.0 Å². The summed E-state index contributed by atoms with van der Waals surface area (Å²) in [5, 5.41) is 2.95. The third-order valence-corrected chi connectivity index (χ3v) is 4.38. The van der Waals surface area contributed by atoms with Gasteiger partial charge in [-0.1, -0.05) is 18.2 Å². The largest absolute Gasteiger partial charge is 0.497 e. The Balaban J connectivity index is 1.66. The number of hydrogen-bond acceptors (Lipinski definition) is 4. The van der Waals surface area contributed by atoms with E-state index in [-0.39, 0.29) is 5.91 Å². The highest BCUT2D eigenvalue weighted by atomic mass is 16.5. The van der Waals surface area contributed by atoms with E-state index in [1.807, 2.05) is 49.4 Å². The molecule has 3 rings (SSSR count). The van der Waals surface area contributed by atoms with Crippen molar-refractivity contribution in [2.45, 2.75) is 6.92 Å². The third-order valence-electron chi connectivity index (χ3n) is 4.38. The summed E-state index contributed by atoms with van der Waals surface area (Å²) in [5.41, 5.74) is 3.78. The van der Waals surface area contributed by atoms with Crippen LogP contribution in [0.1, 0.15) is 12.5 Å². The Bertz CT molecular complexity index is 778. The van der Waals surface area contributed by atoms with Crippen LogP contribution >= 0.6 is 0 Å². The minimum absolute atomic E-state index is 0.141. The second-order valence-corrected chi connectivity index (χ2v) is 6.19. The molecule has 5 heteroatoms. The molecule has 1 saturated heterocycles. The molecule has 0 unspecified atom stereocenters. The lowest BCUT2D eigenvalue weighted by atomic mass is 10.1. The van der Waals surface area contributed by atoms with Crippen molar-refractivity contribution in [1.29, 1.82) is 0 Å². The lowest BCUT2D eigenvalue weighted by Gasteiger charge is -2.29. The number of carbonyl (C=O) groups is 1. The van der Waals surface area contributed by atoms with Crippen molar-refractivity contribution in [3.8, 4) is 5.75 Å². The molecule has 0 spiro atoms. The summed E-state index contributed by atoms with van der Waals surface area (Å²) in [5.74, 6) is 0.656. The fourth-order valence-corrected chi connectivity index (χ4v) is 2.91. The zero-order chi connectivity index (χ0) is 18.4. The van der Waals surface area contributed by atoms with Crippen LogP contribution in [0, 0.1) is 0 Å². The highest BCUT2D eigenvalue weighted by Crippen LogP contribution is 2.21. The van der Waals surface area contributed by atoms with Crippen LogP contribution in [0.25, 0.3) is 5.57 Å². The molecule has 0 bridgehead atoms. The number of carbonyl (C=O) groups excluding carboxylic acids is 1. The van der Waals surface area contributed by atoms with E-state index in [4.69, 9.17) is 9.47 Å². The van der Waals surface area contributed by atoms with Crippen molar-refractivity contribution in [2.75, 3.05) is 43.6 Å². The summed E-state index contributed by atoms with van der Waals surface area (Å²) in [7, 11) is 1.64. The molecule has 2 aromatic rings. The number of ether oxygens (including phenoxy) is 2. The molecule has 1 N–H and O–H groups in total. The topological polar surface area (TPSA) is 50.8 Å². The maximum atomic E-state index is 12.4. The number of anilines is 2. The van der Waals surface area contributed by atoms with Crippen molar-refractivity contribution in [3.05, 3.63) is 60.2 Å². The molecule has 26 heavy (non-hydrogen) atoms. The van der Waals surface area contributed by atoms with Gasteiger partial charge in [0.15, 0.2) is 0 Å². The highest BCUT2D eigenvalue weighted by Gasteiger charge is 2.11. The maximum absolute atomic E-state index is 12.4. The van der Waals surface area contributed by atoms with Gasteiger partial charge in [-0.2, -0.15) is 0 Å². The van der Waals surface area contributed by atoms with Gasteiger partial charge in [0.25, 0.3) is 0 Å². The normalized spacial score (nSPS) is 14.8. The SMILES string of the molecule is COc1ccc(/C(C)=C/C(=O)Nc2cccc(N3CCOCC3)c2)cc1. The Morgan fingerprint density at radius 3 is 2.58 bits per heavy atom. The first-order chi connectivity index (χ1) is 12.7. The first-order valence-corrected chi connectivity index (χ1v) is 8.72. The van der Waals surface area contributed by atoms with Gasteiger partial charge in [0.1, 0.15) is 5.75 Å². The molecule has 0 aromatic heterocycles. The van der Waals surface area contributed by atoms with Crippen LogP contribution in [-0.4, -0.2) is 39.3 Å². The second kappa shape index (κ2) is 8.54. The lowest BCUT2D eigenvalue weighted by molar-refractivity contribution is -0.111. The molecule has 0 aliphatic carbocycles. The fourth-order valence-electron chi connectivity index (χ4n) is 2.91. The van der Waals surface area contributed by atoms with Crippen LogP contribution in [0.4, 0.5) is 11.4 Å². The predicted octanol–water partition coefficient (Wildman–Crippen LogP) is 3.57. The highest BCUT2D eigenvalue weighted by molar-refractivity contribution is 6.04. The monoisotopic (exact) mass is 352 g/mol. The molecule has 2 aromatic carbocycles. The zero-order valence-corrected chi connectivity index (χ0v) is 15.2. The summed E-state index contributed by atoms with van der Waals surface area (Å²) in [6.45, 7) is 5.13. The summed E-state index contributed by atoms with van der Waals surface area (Å²) < 4.78 is 10.5. The Morgan fingerprint density at radius 1 is 1.15 bits per heavy atom. The minimum Gasteiger partial charge on any atom is -0.497 e. The number of morpholine rings is 1. The van der Waals surface area contributed by atoms with Gasteiger partial charge in [0, 0.05) is 30.5 Å². The first-order valence-electron chi connectivity index (χ1n) is 8.72. The number of allylic oxidation sites excluding steroid dienone is 1. The lowest BCUT2D eigenvalue weighted by Crippen LogP contribution is -2.36. The van der Waals surface area contributed by atoms with Crippen LogP contribution in [0.15, 0.2) is 54.6 Å². The Morgan fingerprint density at radius 2 is 1.88 bits per heavy atom. The van der Waals surface area contributed by atoms with E-state index in [9.17, 15) is 4.79 Å². The van der Waals surface area contributed by atoms with Crippen LogP contribution in [0.2, 0.25) is 0 Å². The molecule has 1 fully saturated rings. The number of amides is 1. The van der Waals surface area contributed by atoms with Gasteiger partial charge in [-0.25, -0.2) is 0 Å². The number of nitrogens with one attached hydrogen (secondary N) is 1. The Hall–Kier alpha value is -2.79. The van der Waals surface area contributed by atoms with Gasteiger partial charge in [0.05, 0.1) is 20.3 Å². The standard InChI is InChI=1S/C21H24N2O3/c1-16(17-6-8-20(25-2)9-7-17)14-21(24)22-18-4-3-5-19(15-18)23-10-12-26-13-11-23/h3-9,14-15H,10-13H2,1-2H3,(H,22,24)/b16-14+. The Kier molecular flexibility index (Phi) is 5.92. The molecule has 136 valence electrons. The number of benzene rings is 2. The first kappa shape index (κ1) is 18.0. The molecule has 1 heterocycles. The van der Waals surface area contributed by atoms with Crippen molar-refractivity contribution in [2.24, 2.45) is 0 Å². The molecule has 0 atom stereocenters. The predicted molar refractivity (Wildman–Crippen MR) is 105 cm³/mol. The van der Waals surface area contributed by atoms with E-state index >= 15 is 0 Å². The van der Waals surface area contributed by atoms with Crippen LogP contribution in [0.3, 0.4) is 0 Å². The number of methoxy groups -OCH3 is 1. The van der Waals surface area contributed by atoms with Gasteiger partial charge >= 0.3 is 0 Å². The zero-order valence-electron chi connectivity index (χ0n) is 15.2. The number of hydrogen-bond donors (Lipinski definition) is 1. The molecule has 0 radical (unpaired) electrons. The van der Waals surface area contributed by atoms with Crippen molar-refractivity contribution < 1.29 is 14.3 Å². The number of rotatable bonds is 5. The van der Waals surface area contributed by atoms with Crippen LogP contribution in [-0.2, 0) is 9.53 Å². The van der Waals surface area contributed by atoms with E-state index < -0.39 is 0 Å². The van der Waals surface area contributed by atoms with Crippen LogP contribution in [0.5, 0.6) is 5.75 Å². The molecule has 5 nitrogen and oxygen atoms in total. The van der Waals surface area contributed by atoms with E-state index in [0.29, 0.717) is 0 Å². The molecule has 1 amide bonds. The smallest absolute Gasteiger partial charge is 0.248 e. The molecular formula is C21H24N2O3. The van der Waals surface area contributed by atoms with E-state index in [1.54, 1.807) is 13.2 Å². The average Bonchev–Trinajstić information content (AvgIpc) is 2.69. The van der Waals surface area contributed by atoms with E-state index in [1.165, 1.54) is 0 Å². The van der Waals surface area contributed by atoms with Gasteiger partial charge in [-0.05, 0) is 48.4 Å². The van der Waals surface area contributed by atoms with Gasteiger partial charge < -0.3 is 19.7 Å². The Labute approximate surface area is 154 Å². The van der Waals surface area contributed by atoms with Gasteiger partial charge in [-0.3, -0.25) is 4.79 Å². The summed E-state index contributed by atoms with van der Waals surface area (Å²) in [6.07, 6.45) is 1.61. The third kappa shape index (κ3) is 4.64. The molecular weight excluding hydrogens is 328 g/mol. The van der Waals surface area contributed by atoms with Gasteiger partial charge in [0.2, 0.25) is 5.91 Å². The van der Waals surface area contributed by atoms with Gasteiger partial charge in [-0.15, -0.1) is 0 Å². The quantitative estimate of drug-likeness (QED) is 0.836. The summed E-state index contributed by atoms with van der Waals surface area (Å²) in [4.78, 5) is 14.6. The van der Waals surface area contributed by atoms with E-state index in [0.717, 1.165) is 54.6 Å². The molecule has 0 saturated carbocycles. The van der Waals surface area contributed by atoms with Crippen molar-refractivity contribution in [3.63, 3.8) is 0 Å². The van der Waals surface area contributed by atoms with Crippen molar-refractivity contribution >= 4 is 22.9 Å². The molecule has 1 aliphatic rings.